The Morgan fingerprint density at radius 2 is 2.10 bits per heavy atom. The number of esters is 2. The molecule has 1 saturated heterocycles. The summed E-state index contributed by atoms with van der Waals surface area (Å²) < 4.78 is 33.5. The van der Waals surface area contributed by atoms with Crippen LogP contribution in [0.2, 0.25) is 0 Å². The van der Waals surface area contributed by atoms with E-state index in [-0.39, 0.29) is 25.5 Å². The fraction of sp³-hybridized carbons (Fsp3) is 0.737. The molecule has 0 aliphatic carbocycles. The second kappa shape index (κ2) is 11.1. The molecule has 0 spiro atoms. The molecule has 0 aromatic rings. The van der Waals surface area contributed by atoms with Gasteiger partial charge in [0.2, 0.25) is 5.91 Å². The molecule has 3 N–H and O–H groups in total. The largest absolute Gasteiger partial charge is 0.468 e. The molecule has 31 heavy (non-hydrogen) atoms. The monoisotopic (exact) mass is 461 g/mol. The van der Waals surface area contributed by atoms with Crippen LogP contribution < -0.4 is 15.7 Å². The van der Waals surface area contributed by atoms with Gasteiger partial charge in [-0.1, -0.05) is 19.9 Å². The summed E-state index contributed by atoms with van der Waals surface area (Å²) in [5.41, 5.74) is -0.782. The summed E-state index contributed by atoms with van der Waals surface area (Å²) >= 11 is 0. The number of carbonyl (C=O) groups excluding carboxylic acids is 3. The van der Waals surface area contributed by atoms with Gasteiger partial charge in [0.25, 0.3) is 0 Å². The van der Waals surface area contributed by atoms with Gasteiger partial charge < -0.3 is 20.1 Å². The van der Waals surface area contributed by atoms with Crippen molar-refractivity contribution in [3.05, 3.63) is 12.3 Å². The zero-order chi connectivity index (χ0) is 23.1. The molecule has 2 aliphatic heterocycles. The van der Waals surface area contributed by atoms with Crippen LogP contribution in [0, 0.1) is 11.3 Å². The molecule has 2 rings (SSSR count). The van der Waals surface area contributed by atoms with Crippen LogP contribution >= 0.6 is 7.75 Å². The molecule has 0 aromatic carbocycles. The van der Waals surface area contributed by atoms with Crippen LogP contribution in [0.5, 0.6) is 0 Å². The molecule has 2 heterocycles. The first-order valence-electron chi connectivity index (χ1n) is 10.2. The summed E-state index contributed by atoms with van der Waals surface area (Å²) in [6, 6.07) is -0.953. The number of methoxy groups -OCH3 is 1. The molecule has 2 aliphatic rings. The Hall–Kier alpha value is -1.94. The lowest BCUT2D eigenvalue weighted by Crippen LogP contribution is -2.51. The molecule has 1 fully saturated rings. The van der Waals surface area contributed by atoms with Gasteiger partial charge in [-0.25, -0.2) is 9.65 Å². The fourth-order valence-electron chi connectivity index (χ4n) is 3.02. The molecule has 4 atom stereocenters. The minimum Gasteiger partial charge on any atom is -0.468 e. The van der Waals surface area contributed by atoms with Gasteiger partial charge in [-0.15, -0.1) is 0 Å². The molecule has 11 nitrogen and oxygen atoms in total. The van der Waals surface area contributed by atoms with Crippen LogP contribution in [0.15, 0.2) is 12.3 Å². The van der Waals surface area contributed by atoms with Crippen molar-refractivity contribution in [2.45, 2.75) is 45.8 Å². The van der Waals surface area contributed by atoms with E-state index in [2.05, 4.69) is 20.5 Å². The van der Waals surface area contributed by atoms with E-state index in [1.807, 2.05) is 12.3 Å². The van der Waals surface area contributed by atoms with Gasteiger partial charge in [0.1, 0.15) is 6.04 Å². The highest BCUT2D eigenvalue weighted by Gasteiger charge is 2.48. The zero-order valence-electron chi connectivity index (χ0n) is 18.3. The standard InChI is InChI=1S/C19H32N3O8P/c1-13(18(25)27-4)22-31(26)29-12-19(2,3)16(30-31)17(24)21-10-7-15(23)28-11-14-5-8-20-9-6-14/h5,8,13-14,16,20H,6-7,9-12H2,1-4H3,(H,21,24)(H,22,26)/t13-,14?,16-,31?/m0/s1. The van der Waals surface area contributed by atoms with Crippen molar-refractivity contribution in [3.63, 3.8) is 0 Å². The van der Waals surface area contributed by atoms with Crippen molar-refractivity contribution >= 4 is 25.6 Å². The van der Waals surface area contributed by atoms with Crippen LogP contribution in [0.3, 0.4) is 0 Å². The van der Waals surface area contributed by atoms with Gasteiger partial charge in [-0.2, -0.15) is 0 Å². The van der Waals surface area contributed by atoms with Gasteiger partial charge in [0, 0.05) is 24.4 Å². The highest BCUT2D eigenvalue weighted by Crippen LogP contribution is 2.53. The second-order valence-electron chi connectivity index (χ2n) is 8.20. The summed E-state index contributed by atoms with van der Waals surface area (Å²) in [6.07, 6.45) is 3.58. The first kappa shape index (κ1) is 25.3. The van der Waals surface area contributed by atoms with Crippen molar-refractivity contribution in [1.82, 2.24) is 15.7 Å². The number of hydrogen-bond donors (Lipinski definition) is 3. The molecular formula is C19H32N3O8P. The van der Waals surface area contributed by atoms with E-state index in [0.717, 1.165) is 13.0 Å². The van der Waals surface area contributed by atoms with E-state index in [1.165, 1.54) is 14.0 Å². The molecule has 0 saturated carbocycles. The molecule has 12 heteroatoms. The van der Waals surface area contributed by atoms with Crippen molar-refractivity contribution in [1.29, 1.82) is 0 Å². The Kier molecular flexibility index (Phi) is 9.05. The number of hydrogen-bond acceptors (Lipinski definition) is 9. The Bertz CT molecular complexity index is 742. The fourth-order valence-corrected chi connectivity index (χ4v) is 4.96. The molecule has 1 amide bonds. The van der Waals surface area contributed by atoms with Crippen molar-refractivity contribution in [3.8, 4) is 0 Å². The number of amides is 1. The average Bonchev–Trinajstić information content (AvgIpc) is 2.74. The average molecular weight is 461 g/mol. The number of nitrogens with one attached hydrogen (secondary N) is 3. The van der Waals surface area contributed by atoms with Crippen molar-refractivity contribution in [2.24, 2.45) is 11.3 Å². The lowest BCUT2D eigenvalue weighted by atomic mass is 9.87. The Balaban J connectivity index is 1.83. The maximum atomic E-state index is 12.9. The third-order valence-electron chi connectivity index (χ3n) is 4.94. The topological polar surface area (TPSA) is 141 Å². The number of rotatable bonds is 9. The summed E-state index contributed by atoms with van der Waals surface area (Å²) in [4.78, 5) is 36.2. The van der Waals surface area contributed by atoms with E-state index in [9.17, 15) is 18.9 Å². The number of ether oxygens (including phenoxy) is 2. The third-order valence-corrected chi connectivity index (χ3v) is 6.60. The lowest BCUT2D eigenvalue weighted by molar-refractivity contribution is -0.145. The minimum absolute atomic E-state index is 0.000637. The van der Waals surface area contributed by atoms with Crippen LogP contribution in [0.25, 0.3) is 0 Å². The Morgan fingerprint density at radius 1 is 1.35 bits per heavy atom. The normalized spacial score (nSPS) is 28.1. The Morgan fingerprint density at radius 3 is 2.74 bits per heavy atom. The Labute approximate surface area is 182 Å². The summed E-state index contributed by atoms with van der Waals surface area (Å²) in [5.74, 6) is -1.41. The molecule has 176 valence electrons. The van der Waals surface area contributed by atoms with Crippen LogP contribution in [0.1, 0.15) is 33.6 Å². The summed E-state index contributed by atoms with van der Waals surface area (Å²) in [6.45, 7) is 6.05. The van der Waals surface area contributed by atoms with Crippen molar-refractivity contribution in [2.75, 3.05) is 33.4 Å². The van der Waals surface area contributed by atoms with E-state index in [0.29, 0.717) is 6.61 Å². The lowest BCUT2D eigenvalue weighted by Gasteiger charge is -2.40. The smallest absolute Gasteiger partial charge is 0.407 e. The highest BCUT2D eigenvalue weighted by atomic mass is 31.2. The van der Waals surface area contributed by atoms with E-state index in [4.69, 9.17) is 13.8 Å². The van der Waals surface area contributed by atoms with Crippen LogP contribution in [0.4, 0.5) is 0 Å². The van der Waals surface area contributed by atoms with Crippen LogP contribution in [-0.2, 0) is 37.5 Å². The first-order valence-corrected chi connectivity index (χ1v) is 11.7. The van der Waals surface area contributed by atoms with E-state index < -0.39 is 43.2 Å². The van der Waals surface area contributed by atoms with Gasteiger partial charge in [0.15, 0.2) is 6.10 Å². The SMILES string of the molecule is COC(=O)[C@H](C)NP1(=O)OCC(C)(C)[C@H](C(=O)NCCC(=O)OCC2C=CNCC2)O1. The summed E-state index contributed by atoms with van der Waals surface area (Å²) in [5, 5.41) is 8.15. The maximum Gasteiger partial charge on any atom is 0.407 e. The number of carbonyl (C=O) groups is 3. The van der Waals surface area contributed by atoms with E-state index in [1.54, 1.807) is 13.8 Å². The molecule has 0 bridgehead atoms. The first-order chi connectivity index (χ1) is 14.6. The predicted molar refractivity (Wildman–Crippen MR) is 111 cm³/mol. The van der Waals surface area contributed by atoms with E-state index >= 15 is 0 Å². The van der Waals surface area contributed by atoms with Gasteiger partial charge in [0.05, 0.1) is 26.7 Å². The highest BCUT2D eigenvalue weighted by molar-refractivity contribution is 7.51. The quantitative estimate of drug-likeness (QED) is 0.334. The van der Waals surface area contributed by atoms with Gasteiger partial charge in [-0.3, -0.25) is 23.4 Å². The zero-order valence-corrected chi connectivity index (χ0v) is 19.2. The van der Waals surface area contributed by atoms with Crippen molar-refractivity contribution < 1.29 is 37.5 Å². The minimum atomic E-state index is -3.92. The predicted octanol–water partition coefficient (Wildman–Crippen LogP) is 0.860. The molecule has 0 radical (unpaired) electrons. The molecule has 2 unspecified atom stereocenters. The maximum absolute atomic E-state index is 12.9. The molecule has 0 aromatic heterocycles. The summed E-state index contributed by atoms with van der Waals surface area (Å²) in [7, 11) is -2.72. The van der Waals surface area contributed by atoms with Gasteiger partial charge in [-0.05, 0) is 19.5 Å². The third kappa shape index (κ3) is 7.60. The van der Waals surface area contributed by atoms with Crippen LogP contribution in [-0.4, -0.2) is 63.4 Å². The van der Waals surface area contributed by atoms with Gasteiger partial charge >= 0.3 is 19.7 Å². The second-order valence-corrected chi connectivity index (χ2v) is 9.93. The molecular weight excluding hydrogens is 429 g/mol.